The molecule has 2 aromatic carbocycles. The summed E-state index contributed by atoms with van der Waals surface area (Å²) in [6.07, 6.45) is 1.29. The van der Waals surface area contributed by atoms with E-state index in [0.717, 1.165) is 34.6 Å². The molecule has 0 spiro atoms. The molecule has 2 heterocycles. The van der Waals surface area contributed by atoms with E-state index < -0.39 is 0 Å². The number of hydrogen-bond acceptors (Lipinski definition) is 4. The van der Waals surface area contributed by atoms with Gasteiger partial charge in [0.15, 0.2) is 5.78 Å². The third-order valence-corrected chi connectivity index (χ3v) is 7.13. The first-order valence-electron chi connectivity index (χ1n) is 9.47. The highest BCUT2D eigenvalue weighted by Gasteiger charge is 2.36. The normalized spacial score (nSPS) is 21.0. The number of nitrogens with one attached hydrogen (secondary N) is 2. The predicted molar refractivity (Wildman–Crippen MR) is 121 cm³/mol. The molecule has 2 N–H and O–H groups in total. The van der Waals surface area contributed by atoms with E-state index in [4.69, 9.17) is 23.2 Å². The minimum absolute atomic E-state index is 0.147. The van der Waals surface area contributed by atoms with Crippen LogP contribution < -0.4 is 10.6 Å². The second-order valence-electron chi connectivity index (χ2n) is 7.35. The van der Waals surface area contributed by atoms with Gasteiger partial charge in [-0.25, -0.2) is 0 Å². The summed E-state index contributed by atoms with van der Waals surface area (Å²) < 4.78 is 0. The van der Waals surface area contributed by atoms with E-state index >= 15 is 0 Å². The van der Waals surface area contributed by atoms with Crippen molar-refractivity contribution in [1.82, 2.24) is 0 Å². The maximum absolute atomic E-state index is 13.4. The lowest BCUT2D eigenvalue weighted by atomic mass is 9.81. The van der Waals surface area contributed by atoms with Crippen LogP contribution in [0.1, 0.15) is 35.2 Å². The van der Waals surface area contributed by atoms with E-state index in [2.05, 4.69) is 22.1 Å². The second-order valence-corrected chi connectivity index (χ2v) is 9.17. The van der Waals surface area contributed by atoms with E-state index in [1.807, 2.05) is 42.5 Å². The molecule has 3 nitrogen and oxygen atoms in total. The lowest BCUT2D eigenvalue weighted by molar-refractivity contribution is -0.116. The van der Waals surface area contributed by atoms with Crippen LogP contribution in [0.4, 0.5) is 11.4 Å². The van der Waals surface area contributed by atoms with Crippen LogP contribution in [-0.4, -0.2) is 5.78 Å². The van der Waals surface area contributed by atoms with Gasteiger partial charge < -0.3 is 10.6 Å². The van der Waals surface area contributed by atoms with Gasteiger partial charge in [-0.2, -0.15) is 0 Å². The van der Waals surface area contributed by atoms with Crippen molar-refractivity contribution in [2.45, 2.75) is 24.8 Å². The Balaban J connectivity index is 1.65. The number of fused-ring (bicyclic) bond motifs is 1. The average Bonchev–Trinajstić information content (AvgIpc) is 3.17. The first-order chi connectivity index (χ1) is 14.1. The van der Waals surface area contributed by atoms with Crippen molar-refractivity contribution in [2.75, 3.05) is 10.6 Å². The molecule has 0 saturated heterocycles. The molecule has 5 rings (SSSR count). The van der Waals surface area contributed by atoms with Crippen LogP contribution in [0, 0.1) is 0 Å². The summed E-state index contributed by atoms with van der Waals surface area (Å²) in [5.74, 6) is 0.342. The van der Waals surface area contributed by atoms with E-state index in [0.29, 0.717) is 16.5 Å². The van der Waals surface area contributed by atoms with Crippen molar-refractivity contribution >= 4 is 51.7 Å². The van der Waals surface area contributed by atoms with Gasteiger partial charge in [-0.1, -0.05) is 47.5 Å². The predicted octanol–water partition coefficient (Wildman–Crippen LogP) is 7.03. The molecule has 1 aliphatic heterocycles. The van der Waals surface area contributed by atoms with Gasteiger partial charge in [0.2, 0.25) is 0 Å². The molecule has 0 saturated carbocycles. The monoisotopic (exact) mass is 440 g/mol. The second kappa shape index (κ2) is 7.52. The van der Waals surface area contributed by atoms with Crippen LogP contribution >= 0.6 is 34.5 Å². The fourth-order valence-electron chi connectivity index (χ4n) is 4.19. The fraction of sp³-hybridized carbons (Fsp3) is 0.174. The zero-order chi connectivity index (χ0) is 20.0. The minimum atomic E-state index is -0.331. The van der Waals surface area contributed by atoms with E-state index in [1.165, 1.54) is 4.88 Å². The smallest absolute Gasteiger partial charge is 0.163 e. The van der Waals surface area contributed by atoms with Gasteiger partial charge in [-0.05, 0) is 47.7 Å². The fourth-order valence-corrected chi connectivity index (χ4v) is 5.53. The van der Waals surface area contributed by atoms with E-state index in [1.54, 1.807) is 17.4 Å². The number of carbonyl (C=O) groups is 1. The molecule has 6 heteroatoms. The van der Waals surface area contributed by atoms with Crippen molar-refractivity contribution in [2.24, 2.45) is 0 Å². The van der Waals surface area contributed by atoms with Crippen LogP contribution in [0.3, 0.4) is 0 Å². The number of benzene rings is 2. The molecule has 0 amide bonds. The van der Waals surface area contributed by atoms with Crippen LogP contribution in [0.25, 0.3) is 0 Å². The lowest BCUT2D eigenvalue weighted by Crippen LogP contribution is -2.26. The van der Waals surface area contributed by atoms with Gasteiger partial charge in [0.25, 0.3) is 0 Å². The van der Waals surface area contributed by atoms with Gasteiger partial charge >= 0.3 is 0 Å². The number of Topliss-reactive ketones (excluding diaryl/α,β-unsaturated/α-hetero) is 1. The van der Waals surface area contributed by atoms with Crippen molar-refractivity contribution in [1.29, 1.82) is 0 Å². The Kier molecular flexibility index (Phi) is 4.86. The summed E-state index contributed by atoms with van der Waals surface area (Å²) in [4.78, 5) is 14.6. The summed E-state index contributed by atoms with van der Waals surface area (Å²) in [6.45, 7) is 0. The minimum Gasteiger partial charge on any atom is -0.372 e. The molecule has 1 aromatic heterocycles. The first kappa shape index (κ1) is 18.7. The maximum atomic E-state index is 13.4. The lowest BCUT2D eigenvalue weighted by Gasteiger charge is -2.29. The van der Waals surface area contributed by atoms with Crippen molar-refractivity contribution in [3.8, 4) is 0 Å². The molecule has 0 bridgehead atoms. The highest BCUT2D eigenvalue weighted by molar-refractivity contribution is 7.10. The molecule has 29 heavy (non-hydrogen) atoms. The zero-order valence-corrected chi connectivity index (χ0v) is 17.7. The molecule has 1 aliphatic carbocycles. The van der Waals surface area contributed by atoms with E-state index in [-0.39, 0.29) is 17.7 Å². The summed E-state index contributed by atoms with van der Waals surface area (Å²) in [6, 6.07) is 17.3. The SMILES string of the molecule is O=C1C[C@@H](c2cccs2)CC2=C1[C@H](c1ccc(Cl)cc1Cl)Nc1ccccc1N2. The number of halogens is 2. The number of thiophene rings is 1. The molecular weight excluding hydrogens is 423 g/mol. The molecule has 0 radical (unpaired) electrons. The number of rotatable bonds is 2. The number of allylic oxidation sites excluding steroid dienone is 1. The number of hydrogen-bond donors (Lipinski definition) is 2. The molecule has 2 atom stereocenters. The highest BCUT2D eigenvalue weighted by Crippen LogP contribution is 2.46. The van der Waals surface area contributed by atoms with Crippen molar-refractivity contribution < 1.29 is 4.79 Å². The Hall–Kier alpha value is -2.27. The van der Waals surface area contributed by atoms with Crippen LogP contribution in [0.2, 0.25) is 10.0 Å². The Morgan fingerprint density at radius 3 is 2.55 bits per heavy atom. The Morgan fingerprint density at radius 2 is 1.79 bits per heavy atom. The molecule has 3 aromatic rings. The maximum Gasteiger partial charge on any atom is 0.163 e. The summed E-state index contributed by atoms with van der Waals surface area (Å²) in [7, 11) is 0. The number of ketones is 1. The van der Waals surface area contributed by atoms with Gasteiger partial charge in [0, 0.05) is 38.5 Å². The molecule has 0 unspecified atom stereocenters. The third-order valence-electron chi connectivity index (χ3n) is 5.53. The highest BCUT2D eigenvalue weighted by atomic mass is 35.5. The number of para-hydroxylation sites is 2. The Labute approximate surface area is 183 Å². The van der Waals surface area contributed by atoms with Crippen molar-refractivity contribution in [3.05, 3.63) is 91.7 Å². The molecule has 0 fully saturated rings. The van der Waals surface area contributed by atoms with Crippen LogP contribution in [0.15, 0.2) is 71.2 Å². The van der Waals surface area contributed by atoms with E-state index in [9.17, 15) is 4.79 Å². The average molecular weight is 441 g/mol. The van der Waals surface area contributed by atoms with Crippen molar-refractivity contribution in [3.63, 3.8) is 0 Å². The first-order valence-corrected chi connectivity index (χ1v) is 11.1. The van der Waals surface area contributed by atoms with Gasteiger partial charge in [0.1, 0.15) is 0 Å². The number of anilines is 2. The molecule has 2 aliphatic rings. The quantitative estimate of drug-likeness (QED) is 0.448. The van der Waals surface area contributed by atoms with Gasteiger partial charge in [-0.3, -0.25) is 4.79 Å². The topological polar surface area (TPSA) is 41.1 Å². The van der Waals surface area contributed by atoms with Crippen LogP contribution in [0.5, 0.6) is 0 Å². The Morgan fingerprint density at radius 1 is 0.966 bits per heavy atom. The van der Waals surface area contributed by atoms with Gasteiger partial charge in [0.05, 0.1) is 17.4 Å². The summed E-state index contributed by atoms with van der Waals surface area (Å²) in [5.41, 5.74) is 4.49. The Bertz CT molecular complexity index is 1120. The van der Waals surface area contributed by atoms with Gasteiger partial charge in [-0.15, -0.1) is 11.3 Å². The standard InChI is InChI=1S/C23H18Cl2N2OS/c24-14-7-8-15(16(25)12-14)23-22-19(26-17-4-1-2-5-18(17)27-23)10-13(11-20(22)28)21-6-3-9-29-21/h1-9,12-13,23,26-27H,10-11H2/t13-,23-/m0/s1. The van der Waals surface area contributed by atoms with Crippen LogP contribution in [-0.2, 0) is 4.79 Å². The molecular formula is C23H18Cl2N2OS. The molecule has 146 valence electrons. The summed E-state index contributed by atoms with van der Waals surface area (Å²) >= 11 is 14.4. The summed E-state index contributed by atoms with van der Waals surface area (Å²) in [5, 5.41) is 10.3. The zero-order valence-electron chi connectivity index (χ0n) is 15.4. The number of carbonyl (C=O) groups excluding carboxylic acids is 1. The largest absolute Gasteiger partial charge is 0.372 e. The third kappa shape index (κ3) is 3.46.